The molecule has 3 heterocycles. The van der Waals surface area contributed by atoms with Crippen LogP contribution in [0.15, 0.2) is 52.6 Å². The molecule has 3 aromatic heterocycles. The lowest BCUT2D eigenvalue weighted by Crippen LogP contribution is -2.25. The van der Waals surface area contributed by atoms with Crippen molar-refractivity contribution in [3.05, 3.63) is 80.6 Å². The van der Waals surface area contributed by atoms with E-state index in [4.69, 9.17) is 0 Å². The lowest BCUT2D eigenvalue weighted by atomic mass is 9.97. The number of fused-ring (bicyclic) bond motifs is 1. The van der Waals surface area contributed by atoms with Gasteiger partial charge >= 0.3 is 6.18 Å². The van der Waals surface area contributed by atoms with Gasteiger partial charge in [-0.2, -0.15) is 23.0 Å². The third-order valence-electron chi connectivity index (χ3n) is 5.58. The van der Waals surface area contributed by atoms with Gasteiger partial charge in [0.05, 0.1) is 21.7 Å². The van der Waals surface area contributed by atoms with Crippen LogP contribution in [-0.2, 0) is 19.0 Å². The number of nitrogens with zero attached hydrogens (tertiary/aromatic N) is 3. The van der Waals surface area contributed by atoms with Crippen molar-refractivity contribution in [3.63, 3.8) is 0 Å². The molecule has 7 nitrogen and oxygen atoms in total. The number of hydrogen-bond acceptors (Lipinski definition) is 5. The van der Waals surface area contributed by atoms with Crippen molar-refractivity contribution in [1.82, 2.24) is 19.7 Å². The molecule has 0 saturated carbocycles. The summed E-state index contributed by atoms with van der Waals surface area (Å²) in [6, 6.07) is 9.74. The number of hydrogen-bond donors (Lipinski definition) is 2. The monoisotopic (exact) mass is 485 g/mol. The first-order valence-corrected chi connectivity index (χ1v) is 11.4. The van der Waals surface area contributed by atoms with E-state index < -0.39 is 23.2 Å². The number of anilines is 1. The number of rotatable bonds is 4. The number of nitrogens with one attached hydrogen (secondary N) is 2. The molecule has 0 aliphatic heterocycles. The van der Waals surface area contributed by atoms with Gasteiger partial charge in [-0.25, -0.2) is 4.98 Å². The Morgan fingerprint density at radius 1 is 1.12 bits per heavy atom. The number of carbonyl (C=O) groups is 1. The highest BCUT2D eigenvalue weighted by Crippen LogP contribution is 2.33. The molecule has 0 spiro atoms. The van der Waals surface area contributed by atoms with Crippen LogP contribution in [-0.4, -0.2) is 25.7 Å². The molecule has 5 rings (SSSR count). The molecule has 0 fully saturated rings. The Balaban J connectivity index is 1.59. The summed E-state index contributed by atoms with van der Waals surface area (Å²) in [4.78, 5) is 33.6. The average molecular weight is 485 g/mol. The first-order valence-electron chi connectivity index (χ1n) is 10.6. The van der Waals surface area contributed by atoms with Crippen molar-refractivity contribution in [2.24, 2.45) is 0 Å². The molecule has 0 unspecified atom stereocenters. The molecule has 1 aromatic carbocycles. The molecular formula is C23H18F3N5O2S. The van der Waals surface area contributed by atoms with Gasteiger partial charge in [0.25, 0.3) is 11.5 Å². The number of aromatic amines is 1. The van der Waals surface area contributed by atoms with Crippen molar-refractivity contribution < 1.29 is 18.0 Å². The molecule has 4 aromatic rings. The van der Waals surface area contributed by atoms with Crippen LogP contribution in [0.5, 0.6) is 0 Å². The number of alkyl halides is 3. The van der Waals surface area contributed by atoms with Crippen LogP contribution in [0, 0.1) is 0 Å². The Labute approximate surface area is 195 Å². The summed E-state index contributed by atoms with van der Waals surface area (Å²) in [5, 5.41) is 8.86. The van der Waals surface area contributed by atoms with Crippen molar-refractivity contribution in [3.8, 4) is 16.5 Å². The maximum absolute atomic E-state index is 13.4. The van der Waals surface area contributed by atoms with Gasteiger partial charge in [-0.1, -0.05) is 18.2 Å². The van der Waals surface area contributed by atoms with Gasteiger partial charge in [-0.05, 0) is 49.3 Å². The number of aryl methyl sites for hydroxylation is 1. The molecule has 2 N–H and O–H groups in total. The second kappa shape index (κ2) is 8.56. The molecule has 174 valence electrons. The van der Waals surface area contributed by atoms with Gasteiger partial charge in [0, 0.05) is 11.6 Å². The van der Waals surface area contributed by atoms with Crippen LogP contribution in [0.2, 0.25) is 0 Å². The molecule has 1 aliphatic carbocycles. The van der Waals surface area contributed by atoms with Gasteiger partial charge in [-0.3, -0.25) is 14.6 Å². The maximum Gasteiger partial charge on any atom is 0.417 e. The molecule has 0 atom stereocenters. The van der Waals surface area contributed by atoms with E-state index >= 15 is 0 Å². The van der Waals surface area contributed by atoms with Gasteiger partial charge in [0.15, 0.2) is 0 Å². The van der Waals surface area contributed by atoms with E-state index in [-0.39, 0.29) is 17.3 Å². The van der Waals surface area contributed by atoms with Gasteiger partial charge < -0.3 is 5.32 Å². The zero-order valence-corrected chi connectivity index (χ0v) is 18.5. The average Bonchev–Trinajstić information content (AvgIpc) is 3.49. The van der Waals surface area contributed by atoms with E-state index in [1.54, 1.807) is 6.07 Å². The van der Waals surface area contributed by atoms with Gasteiger partial charge in [0.2, 0.25) is 5.95 Å². The number of thiophene rings is 1. The first kappa shape index (κ1) is 22.1. The topological polar surface area (TPSA) is 92.7 Å². The highest BCUT2D eigenvalue weighted by Gasteiger charge is 2.35. The number of H-pyrrole nitrogens is 1. The molecular weight excluding hydrogens is 467 g/mol. The number of halogens is 3. The predicted molar refractivity (Wildman–Crippen MR) is 121 cm³/mol. The van der Waals surface area contributed by atoms with Crippen LogP contribution < -0.4 is 10.9 Å². The van der Waals surface area contributed by atoms with Gasteiger partial charge in [-0.15, -0.1) is 11.3 Å². The van der Waals surface area contributed by atoms with E-state index in [0.29, 0.717) is 29.8 Å². The minimum atomic E-state index is -4.69. The van der Waals surface area contributed by atoms with E-state index in [2.05, 4.69) is 20.4 Å². The Hall–Kier alpha value is -3.73. The summed E-state index contributed by atoms with van der Waals surface area (Å²) in [6.07, 6.45) is -1.61. The highest BCUT2D eigenvalue weighted by atomic mass is 32.1. The second-order valence-corrected chi connectivity index (χ2v) is 8.77. The Morgan fingerprint density at radius 3 is 2.68 bits per heavy atom. The summed E-state index contributed by atoms with van der Waals surface area (Å²) < 4.78 is 41.6. The van der Waals surface area contributed by atoms with E-state index in [1.807, 2.05) is 17.5 Å². The lowest BCUT2D eigenvalue weighted by Gasteiger charge is -2.16. The van der Waals surface area contributed by atoms with Crippen LogP contribution in [0.4, 0.5) is 19.0 Å². The highest BCUT2D eigenvalue weighted by molar-refractivity contribution is 7.13. The fourth-order valence-corrected chi connectivity index (χ4v) is 4.66. The number of carbonyl (C=O) groups excluding carboxylic acids is 1. The second-order valence-electron chi connectivity index (χ2n) is 7.82. The summed E-state index contributed by atoms with van der Waals surface area (Å²) in [7, 11) is 0. The fraction of sp³-hybridized carbons (Fsp3) is 0.217. The third kappa shape index (κ3) is 4.14. The van der Waals surface area contributed by atoms with Crippen molar-refractivity contribution in [1.29, 1.82) is 0 Å². The molecule has 34 heavy (non-hydrogen) atoms. The molecule has 0 radical (unpaired) electrons. The van der Waals surface area contributed by atoms with Crippen LogP contribution in [0.3, 0.4) is 0 Å². The van der Waals surface area contributed by atoms with E-state index in [1.165, 1.54) is 28.2 Å². The van der Waals surface area contributed by atoms with Crippen molar-refractivity contribution >= 4 is 23.1 Å². The molecule has 1 aliphatic rings. The predicted octanol–water partition coefficient (Wildman–Crippen LogP) is 4.83. The smallest absolute Gasteiger partial charge is 0.306 e. The fourth-order valence-electron chi connectivity index (χ4n) is 3.98. The largest absolute Gasteiger partial charge is 0.417 e. The summed E-state index contributed by atoms with van der Waals surface area (Å²) in [5.41, 5.74) is -0.0739. The van der Waals surface area contributed by atoms with Gasteiger partial charge in [0.1, 0.15) is 11.5 Å². The zero-order valence-electron chi connectivity index (χ0n) is 17.6. The van der Waals surface area contributed by atoms with Crippen LogP contribution >= 0.6 is 11.3 Å². The molecule has 11 heteroatoms. The normalized spacial score (nSPS) is 13.5. The Kier molecular flexibility index (Phi) is 5.56. The Morgan fingerprint density at radius 2 is 1.91 bits per heavy atom. The standard InChI is InChI=1S/C23H18F3N5O2S/c24-23(25,26)15-8-3-1-6-13(15)20(32)28-19-12-17(18-10-5-11-34-18)30-31(19)22-27-16-9-4-2-7-14(16)21(33)29-22/h1,3,5-6,8,10-12H,2,4,7,9H2,(H,28,32)(H,27,29,33). The molecule has 1 amide bonds. The SMILES string of the molecule is O=C(Nc1cc(-c2cccs2)nn1-c1nc2c(c(=O)[nH]1)CCCC2)c1ccccc1C(F)(F)F. The molecule has 0 saturated heterocycles. The summed E-state index contributed by atoms with van der Waals surface area (Å²) in [6.45, 7) is 0. The third-order valence-corrected chi connectivity index (χ3v) is 6.47. The lowest BCUT2D eigenvalue weighted by molar-refractivity contribution is -0.137. The summed E-state index contributed by atoms with van der Waals surface area (Å²) >= 11 is 1.41. The van der Waals surface area contributed by atoms with Crippen molar-refractivity contribution in [2.75, 3.05) is 5.32 Å². The number of benzene rings is 1. The minimum absolute atomic E-state index is 0.0873. The first-order chi connectivity index (χ1) is 16.3. The minimum Gasteiger partial charge on any atom is -0.306 e. The number of aromatic nitrogens is 4. The summed E-state index contributed by atoms with van der Waals surface area (Å²) in [5.74, 6) is -0.774. The van der Waals surface area contributed by atoms with Crippen LogP contribution in [0.25, 0.3) is 16.5 Å². The zero-order chi connectivity index (χ0) is 23.9. The molecule has 0 bridgehead atoms. The van der Waals surface area contributed by atoms with Crippen molar-refractivity contribution in [2.45, 2.75) is 31.9 Å². The number of amides is 1. The Bertz CT molecular complexity index is 1420. The van der Waals surface area contributed by atoms with E-state index in [9.17, 15) is 22.8 Å². The van der Waals surface area contributed by atoms with E-state index in [0.717, 1.165) is 29.9 Å². The maximum atomic E-state index is 13.4. The quantitative estimate of drug-likeness (QED) is 0.433. The van der Waals surface area contributed by atoms with Crippen LogP contribution in [0.1, 0.15) is 40.0 Å².